The van der Waals surface area contributed by atoms with Gasteiger partial charge in [0, 0.05) is 10.6 Å². The molecule has 5 nitrogen and oxygen atoms in total. The van der Waals surface area contributed by atoms with Crippen LogP contribution in [0.4, 0.5) is 0 Å². The standard InChI is InChI=1S/C18H16ClNO4/c1-21-15-4-3-5-16(22-2)17(15)23-10-14-11-24-18(20-14)12-6-8-13(19)9-7-12/h3-9,11H,10H2,1-2H3. The molecule has 6 heteroatoms. The van der Waals surface area contributed by atoms with E-state index in [0.717, 1.165) is 5.56 Å². The first-order chi connectivity index (χ1) is 11.7. The van der Waals surface area contributed by atoms with Crippen LogP contribution in [-0.4, -0.2) is 19.2 Å². The second kappa shape index (κ2) is 7.27. The Balaban J connectivity index is 1.75. The maximum Gasteiger partial charge on any atom is 0.226 e. The predicted molar refractivity (Wildman–Crippen MR) is 90.8 cm³/mol. The third kappa shape index (κ3) is 3.46. The number of hydrogen-bond donors (Lipinski definition) is 0. The molecule has 3 rings (SSSR count). The number of ether oxygens (including phenoxy) is 3. The van der Waals surface area contributed by atoms with E-state index in [1.54, 1.807) is 44.7 Å². The highest BCUT2D eigenvalue weighted by Crippen LogP contribution is 2.37. The Kier molecular flexibility index (Phi) is 4.91. The summed E-state index contributed by atoms with van der Waals surface area (Å²) in [6.07, 6.45) is 1.56. The summed E-state index contributed by atoms with van der Waals surface area (Å²) in [4.78, 5) is 4.42. The van der Waals surface area contributed by atoms with Gasteiger partial charge in [-0.1, -0.05) is 17.7 Å². The lowest BCUT2D eigenvalue weighted by atomic mass is 10.2. The van der Waals surface area contributed by atoms with Crippen LogP contribution >= 0.6 is 11.6 Å². The number of methoxy groups -OCH3 is 2. The third-order valence-electron chi connectivity index (χ3n) is 3.39. The molecule has 0 bridgehead atoms. The normalized spacial score (nSPS) is 10.5. The quantitative estimate of drug-likeness (QED) is 0.654. The molecule has 0 aliphatic carbocycles. The molecule has 0 aliphatic rings. The zero-order chi connectivity index (χ0) is 16.9. The van der Waals surface area contributed by atoms with E-state index in [0.29, 0.717) is 33.9 Å². The fourth-order valence-corrected chi connectivity index (χ4v) is 2.33. The van der Waals surface area contributed by atoms with E-state index in [4.69, 9.17) is 30.2 Å². The average molecular weight is 346 g/mol. The van der Waals surface area contributed by atoms with Crippen molar-refractivity contribution in [1.29, 1.82) is 0 Å². The monoisotopic (exact) mass is 345 g/mol. The van der Waals surface area contributed by atoms with Gasteiger partial charge in [-0.15, -0.1) is 0 Å². The zero-order valence-corrected chi connectivity index (χ0v) is 14.0. The first-order valence-electron chi connectivity index (χ1n) is 7.25. The van der Waals surface area contributed by atoms with Crippen LogP contribution in [0, 0.1) is 0 Å². The molecule has 0 atom stereocenters. The molecule has 0 aliphatic heterocycles. The molecule has 0 saturated carbocycles. The van der Waals surface area contributed by atoms with Crippen LogP contribution in [0.1, 0.15) is 5.69 Å². The van der Waals surface area contributed by atoms with Gasteiger partial charge in [0.05, 0.1) is 14.2 Å². The fourth-order valence-electron chi connectivity index (χ4n) is 2.20. The van der Waals surface area contributed by atoms with Crippen LogP contribution in [0.3, 0.4) is 0 Å². The molecular weight excluding hydrogens is 330 g/mol. The number of oxazole rings is 1. The molecule has 0 radical (unpaired) electrons. The second-order valence-corrected chi connectivity index (χ2v) is 5.37. The molecule has 0 unspecified atom stereocenters. The minimum absolute atomic E-state index is 0.230. The summed E-state index contributed by atoms with van der Waals surface area (Å²) in [7, 11) is 3.16. The summed E-state index contributed by atoms with van der Waals surface area (Å²) >= 11 is 5.88. The van der Waals surface area contributed by atoms with E-state index in [1.807, 2.05) is 18.2 Å². The number of benzene rings is 2. The SMILES string of the molecule is COc1cccc(OC)c1OCc1coc(-c2ccc(Cl)cc2)n1. The Morgan fingerprint density at radius 2 is 1.67 bits per heavy atom. The van der Waals surface area contributed by atoms with Gasteiger partial charge in [0.15, 0.2) is 11.5 Å². The van der Waals surface area contributed by atoms with Crippen molar-refractivity contribution in [3.8, 4) is 28.7 Å². The Bertz CT molecular complexity index is 792. The number of rotatable bonds is 6. The highest BCUT2D eigenvalue weighted by atomic mass is 35.5. The highest BCUT2D eigenvalue weighted by Gasteiger charge is 2.13. The van der Waals surface area contributed by atoms with Crippen molar-refractivity contribution in [1.82, 2.24) is 4.98 Å². The van der Waals surface area contributed by atoms with Crippen molar-refractivity contribution in [2.75, 3.05) is 14.2 Å². The van der Waals surface area contributed by atoms with Gasteiger partial charge < -0.3 is 18.6 Å². The van der Waals surface area contributed by atoms with Crippen LogP contribution in [0.25, 0.3) is 11.5 Å². The maximum atomic E-state index is 5.88. The fraction of sp³-hybridized carbons (Fsp3) is 0.167. The van der Waals surface area contributed by atoms with E-state index in [9.17, 15) is 0 Å². The van der Waals surface area contributed by atoms with Crippen LogP contribution in [0.5, 0.6) is 17.2 Å². The van der Waals surface area contributed by atoms with Crippen LogP contribution in [-0.2, 0) is 6.61 Å². The van der Waals surface area contributed by atoms with E-state index < -0.39 is 0 Å². The van der Waals surface area contributed by atoms with Gasteiger partial charge in [0.25, 0.3) is 0 Å². The lowest BCUT2D eigenvalue weighted by molar-refractivity contribution is 0.262. The van der Waals surface area contributed by atoms with Gasteiger partial charge in [-0.2, -0.15) is 0 Å². The van der Waals surface area contributed by atoms with Crippen molar-refractivity contribution in [2.45, 2.75) is 6.61 Å². The van der Waals surface area contributed by atoms with E-state index >= 15 is 0 Å². The van der Waals surface area contributed by atoms with Gasteiger partial charge in [0.2, 0.25) is 11.6 Å². The van der Waals surface area contributed by atoms with Crippen LogP contribution < -0.4 is 14.2 Å². The van der Waals surface area contributed by atoms with Crippen LogP contribution in [0.2, 0.25) is 5.02 Å². The summed E-state index contributed by atoms with van der Waals surface area (Å²) in [6.45, 7) is 0.230. The zero-order valence-electron chi connectivity index (χ0n) is 13.3. The maximum absolute atomic E-state index is 5.88. The Hall–Kier alpha value is -2.66. The minimum atomic E-state index is 0.230. The Morgan fingerprint density at radius 1 is 1.00 bits per heavy atom. The van der Waals surface area contributed by atoms with Crippen molar-refractivity contribution in [3.05, 3.63) is 59.4 Å². The van der Waals surface area contributed by atoms with Crippen molar-refractivity contribution in [2.24, 2.45) is 0 Å². The summed E-state index contributed by atoms with van der Waals surface area (Å²) in [5.41, 5.74) is 1.51. The van der Waals surface area contributed by atoms with Crippen molar-refractivity contribution >= 4 is 11.6 Å². The van der Waals surface area contributed by atoms with E-state index in [2.05, 4.69) is 4.98 Å². The summed E-state index contributed by atoms with van der Waals surface area (Å²) < 4.78 is 21.9. The van der Waals surface area contributed by atoms with Gasteiger partial charge in [-0.3, -0.25) is 0 Å². The number of hydrogen-bond acceptors (Lipinski definition) is 5. The molecule has 3 aromatic rings. The minimum Gasteiger partial charge on any atom is -0.493 e. The smallest absolute Gasteiger partial charge is 0.226 e. The first kappa shape index (κ1) is 16.2. The lowest BCUT2D eigenvalue weighted by Gasteiger charge is -2.13. The average Bonchev–Trinajstić information content (AvgIpc) is 3.09. The molecule has 24 heavy (non-hydrogen) atoms. The van der Waals surface area contributed by atoms with E-state index in [-0.39, 0.29) is 6.61 Å². The number of halogens is 1. The molecule has 0 amide bonds. The molecular formula is C18H16ClNO4. The first-order valence-corrected chi connectivity index (χ1v) is 7.63. The predicted octanol–water partition coefficient (Wildman–Crippen LogP) is 4.59. The van der Waals surface area contributed by atoms with Gasteiger partial charge >= 0.3 is 0 Å². The van der Waals surface area contributed by atoms with Gasteiger partial charge in [0.1, 0.15) is 18.6 Å². The molecule has 0 fully saturated rings. The van der Waals surface area contributed by atoms with Crippen LogP contribution in [0.15, 0.2) is 53.1 Å². The number of aromatic nitrogens is 1. The highest BCUT2D eigenvalue weighted by molar-refractivity contribution is 6.30. The third-order valence-corrected chi connectivity index (χ3v) is 3.64. The topological polar surface area (TPSA) is 53.7 Å². The lowest BCUT2D eigenvalue weighted by Crippen LogP contribution is -2.00. The molecule has 2 aromatic carbocycles. The largest absolute Gasteiger partial charge is 0.493 e. The Morgan fingerprint density at radius 3 is 2.29 bits per heavy atom. The molecule has 0 saturated heterocycles. The van der Waals surface area contributed by atoms with Crippen molar-refractivity contribution in [3.63, 3.8) is 0 Å². The molecule has 0 spiro atoms. The van der Waals surface area contributed by atoms with Gasteiger partial charge in [-0.05, 0) is 36.4 Å². The van der Waals surface area contributed by atoms with Crippen molar-refractivity contribution < 1.29 is 18.6 Å². The Labute approximate surface area is 144 Å². The van der Waals surface area contributed by atoms with Gasteiger partial charge in [-0.25, -0.2) is 4.98 Å². The number of para-hydroxylation sites is 1. The summed E-state index contributed by atoms with van der Waals surface area (Å²) in [5, 5.41) is 0.664. The molecule has 1 heterocycles. The molecule has 124 valence electrons. The summed E-state index contributed by atoms with van der Waals surface area (Å²) in [6, 6.07) is 12.7. The molecule has 0 N–H and O–H groups in total. The van der Waals surface area contributed by atoms with E-state index in [1.165, 1.54) is 0 Å². The second-order valence-electron chi connectivity index (χ2n) is 4.93. The molecule has 1 aromatic heterocycles. The summed E-state index contributed by atoms with van der Waals surface area (Å²) in [5.74, 6) is 2.22. The number of nitrogens with zero attached hydrogens (tertiary/aromatic N) is 1.